The largest absolute Gasteiger partial charge is 0.356 e. The van der Waals surface area contributed by atoms with Crippen LogP contribution in [0.1, 0.15) is 50.2 Å². The van der Waals surface area contributed by atoms with E-state index < -0.39 is 0 Å². The fourth-order valence-corrected chi connectivity index (χ4v) is 4.01. The number of aromatic nitrogens is 1. The SMILES string of the molecule is CCC1(CNC(=NC)NCc2ccc(Cn3ccccc3=O)cc2)CCCC1. The average Bonchev–Trinajstić information content (AvgIpc) is 3.20. The molecule has 0 aliphatic heterocycles. The predicted octanol–water partition coefficient (Wildman–Crippen LogP) is 3.53. The van der Waals surface area contributed by atoms with Crippen molar-refractivity contribution in [1.29, 1.82) is 0 Å². The summed E-state index contributed by atoms with van der Waals surface area (Å²) in [5.41, 5.74) is 2.77. The van der Waals surface area contributed by atoms with Gasteiger partial charge >= 0.3 is 0 Å². The van der Waals surface area contributed by atoms with Crippen LogP contribution in [-0.2, 0) is 13.1 Å². The molecular weight excluding hydrogens is 348 g/mol. The smallest absolute Gasteiger partial charge is 0.250 e. The summed E-state index contributed by atoms with van der Waals surface area (Å²) in [4.78, 5) is 16.2. The molecule has 0 radical (unpaired) electrons. The van der Waals surface area contributed by atoms with Gasteiger partial charge in [-0.15, -0.1) is 0 Å². The highest BCUT2D eigenvalue weighted by Gasteiger charge is 2.31. The Hall–Kier alpha value is -2.56. The first-order valence-electron chi connectivity index (χ1n) is 10.3. The molecule has 3 rings (SSSR count). The van der Waals surface area contributed by atoms with E-state index >= 15 is 0 Å². The number of hydrogen-bond acceptors (Lipinski definition) is 2. The molecule has 2 N–H and O–H groups in total. The third kappa shape index (κ3) is 5.24. The van der Waals surface area contributed by atoms with Crippen LogP contribution in [-0.4, -0.2) is 24.1 Å². The van der Waals surface area contributed by atoms with Gasteiger partial charge in [0.2, 0.25) is 0 Å². The maximum atomic E-state index is 11.8. The van der Waals surface area contributed by atoms with Crippen molar-refractivity contribution < 1.29 is 0 Å². The lowest BCUT2D eigenvalue weighted by molar-refractivity contribution is 0.283. The van der Waals surface area contributed by atoms with Crippen LogP contribution in [0.5, 0.6) is 0 Å². The normalized spacial score (nSPS) is 16.1. The third-order valence-electron chi connectivity index (χ3n) is 6.00. The van der Waals surface area contributed by atoms with E-state index in [1.54, 1.807) is 16.7 Å². The van der Waals surface area contributed by atoms with Crippen LogP contribution in [0.3, 0.4) is 0 Å². The van der Waals surface area contributed by atoms with Crippen LogP contribution < -0.4 is 16.2 Å². The number of pyridine rings is 1. The van der Waals surface area contributed by atoms with Crippen LogP contribution >= 0.6 is 0 Å². The van der Waals surface area contributed by atoms with Crippen molar-refractivity contribution in [2.75, 3.05) is 13.6 Å². The Kier molecular flexibility index (Phi) is 6.90. The van der Waals surface area contributed by atoms with Crippen LogP contribution in [0.15, 0.2) is 58.4 Å². The highest BCUT2D eigenvalue weighted by molar-refractivity contribution is 5.79. The Balaban J connectivity index is 1.51. The summed E-state index contributed by atoms with van der Waals surface area (Å²) >= 11 is 0. The number of guanidine groups is 1. The van der Waals surface area contributed by atoms with Crippen molar-refractivity contribution in [2.45, 2.75) is 52.1 Å². The summed E-state index contributed by atoms with van der Waals surface area (Å²) in [6.07, 6.45) is 8.38. The molecule has 1 aliphatic carbocycles. The van der Waals surface area contributed by atoms with Gasteiger partial charge in [-0.05, 0) is 41.9 Å². The average molecular weight is 381 g/mol. The molecule has 1 aromatic carbocycles. The van der Waals surface area contributed by atoms with Crippen LogP contribution in [0, 0.1) is 5.41 Å². The highest BCUT2D eigenvalue weighted by Crippen LogP contribution is 2.40. The monoisotopic (exact) mass is 380 g/mol. The molecule has 0 bridgehead atoms. The zero-order chi connectivity index (χ0) is 19.8. The Morgan fingerprint density at radius 3 is 2.43 bits per heavy atom. The molecule has 0 spiro atoms. The molecule has 150 valence electrons. The van der Waals surface area contributed by atoms with Gasteiger partial charge in [0.15, 0.2) is 5.96 Å². The lowest BCUT2D eigenvalue weighted by Crippen LogP contribution is -2.42. The van der Waals surface area contributed by atoms with Gasteiger partial charge < -0.3 is 15.2 Å². The van der Waals surface area contributed by atoms with Gasteiger partial charge in [0.1, 0.15) is 0 Å². The van der Waals surface area contributed by atoms with Crippen molar-refractivity contribution in [3.8, 4) is 0 Å². The van der Waals surface area contributed by atoms with Crippen LogP contribution in [0.2, 0.25) is 0 Å². The first-order valence-corrected chi connectivity index (χ1v) is 10.3. The standard InChI is InChI=1S/C23H32N4O/c1-3-23(13-5-6-14-23)18-26-22(24-2)25-16-19-9-11-20(12-10-19)17-27-15-7-4-8-21(27)28/h4,7-12,15H,3,5-6,13-14,16-18H2,1-2H3,(H2,24,25,26). The zero-order valence-corrected chi connectivity index (χ0v) is 17.1. The van der Waals surface area contributed by atoms with Crippen molar-refractivity contribution >= 4 is 5.96 Å². The number of benzene rings is 1. The first-order chi connectivity index (χ1) is 13.6. The Morgan fingerprint density at radius 2 is 1.79 bits per heavy atom. The molecule has 1 aromatic heterocycles. The van der Waals surface area contributed by atoms with Crippen molar-refractivity contribution in [3.63, 3.8) is 0 Å². The second-order valence-corrected chi connectivity index (χ2v) is 7.82. The number of aliphatic imine (C=N–C) groups is 1. The molecule has 28 heavy (non-hydrogen) atoms. The molecule has 1 saturated carbocycles. The van der Waals surface area contributed by atoms with Gasteiger partial charge in [-0.1, -0.05) is 50.1 Å². The van der Waals surface area contributed by atoms with Gasteiger partial charge in [0.05, 0.1) is 6.54 Å². The number of hydrogen-bond donors (Lipinski definition) is 2. The minimum atomic E-state index is 0.0234. The highest BCUT2D eigenvalue weighted by atomic mass is 16.1. The summed E-state index contributed by atoms with van der Waals surface area (Å²) in [6.45, 7) is 4.61. The van der Waals surface area contributed by atoms with Crippen molar-refractivity contribution in [1.82, 2.24) is 15.2 Å². The van der Waals surface area contributed by atoms with E-state index in [1.807, 2.05) is 19.3 Å². The molecular formula is C23H32N4O. The maximum absolute atomic E-state index is 11.8. The van der Waals surface area contributed by atoms with E-state index in [2.05, 4.69) is 46.8 Å². The molecule has 2 aromatic rings. The van der Waals surface area contributed by atoms with E-state index in [1.165, 1.54) is 37.7 Å². The lowest BCUT2D eigenvalue weighted by Gasteiger charge is -2.28. The first kappa shape index (κ1) is 20.2. The predicted molar refractivity (Wildman–Crippen MR) is 116 cm³/mol. The van der Waals surface area contributed by atoms with Crippen LogP contribution in [0.25, 0.3) is 0 Å². The molecule has 0 saturated heterocycles. The molecule has 0 unspecified atom stereocenters. The van der Waals surface area contributed by atoms with E-state index in [0.29, 0.717) is 12.0 Å². The van der Waals surface area contributed by atoms with E-state index in [4.69, 9.17) is 0 Å². The van der Waals surface area contributed by atoms with Crippen LogP contribution in [0.4, 0.5) is 0 Å². The molecule has 0 amide bonds. The fraction of sp³-hybridized carbons (Fsp3) is 0.478. The Morgan fingerprint density at radius 1 is 1.07 bits per heavy atom. The third-order valence-corrected chi connectivity index (χ3v) is 6.00. The maximum Gasteiger partial charge on any atom is 0.250 e. The van der Waals surface area contributed by atoms with Gasteiger partial charge in [0, 0.05) is 32.4 Å². The minimum Gasteiger partial charge on any atom is -0.356 e. The molecule has 1 heterocycles. The summed E-state index contributed by atoms with van der Waals surface area (Å²) in [5, 5.41) is 6.94. The summed E-state index contributed by atoms with van der Waals surface area (Å²) in [6, 6.07) is 13.6. The van der Waals surface area contributed by atoms with Gasteiger partial charge in [-0.3, -0.25) is 9.79 Å². The molecule has 5 heteroatoms. The number of nitrogens with zero attached hydrogens (tertiary/aromatic N) is 2. The van der Waals surface area contributed by atoms with Gasteiger partial charge in [0.25, 0.3) is 5.56 Å². The Labute approximate surface area is 167 Å². The van der Waals surface area contributed by atoms with E-state index in [0.717, 1.165) is 24.6 Å². The topological polar surface area (TPSA) is 58.4 Å². The van der Waals surface area contributed by atoms with E-state index in [-0.39, 0.29) is 5.56 Å². The molecule has 5 nitrogen and oxygen atoms in total. The quantitative estimate of drug-likeness (QED) is 0.571. The lowest BCUT2D eigenvalue weighted by atomic mass is 9.83. The zero-order valence-electron chi connectivity index (χ0n) is 17.1. The van der Waals surface area contributed by atoms with E-state index in [9.17, 15) is 4.79 Å². The van der Waals surface area contributed by atoms with Crippen molar-refractivity contribution in [2.24, 2.45) is 10.4 Å². The summed E-state index contributed by atoms with van der Waals surface area (Å²) in [7, 11) is 1.82. The summed E-state index contributed by atoms with van der Waals surface area (Å²) < 4.78 is 1.71. The summed E-state index contributed by atoms with van der Waals surface area (Å²) in [5.74, 6) is 0.861. The second kappa shape index (κ2) is 9.58. The molecule has 0 atom stereocenters. The minimum absolute atomic E-state index is 0.0234. The number of nitrogens with one attached hydrogen (secondary N) is 2. The Bertz CT molecular complexity index is 832. The van der Waals surface area contributed by atoms with Gasteiger partial charge in [-0.25, -0.2) is 0 Å². The molecule has 1 fully saturated rings. The fourth-order valence-electron chi connectivity index (χ4n) is 4.01. The molecule has 1 aliphatic rings. The van der Waals surface area contributed by atoms with Gasteiger partial charge in [-0.2, -0.15) is 0 Å². The second-order valence-electron chi connectivity index (χ2n) is 7.82. The van der Waals surface area contributed by atoms with Crippen molar-refractivity contribution in [3.05, 3.63) is 70.1 Å². The number of rotatable bonds is 7.